The van der Waals surface area contributed by atoms with Gasteiger partial charge in [-0.15, -0.1) is 0 Å². The van der Waals surface area contributed by atoms with Crippen molar-refractivity contribution in [2.45, 2.75) is 13.5 Å². The highest BCUT2D eigenvalue weighted by atomic mass is 16.5. The van der Waals surface area contributed by atoms with Gasteiger partial charge in [-0.05, 0) is 24.3 Å². The van der Waals surface area contributed by atoms with Gasteiger partial charge in [-0.3, -0.25) is 9.69 Å². The highest BCUT2D eigenvalue weighted by molar-refractivity contribution is 5.77. The second-order valence-electron chi connectivity index (χ2n) is 5.29. The summed E-state index contributed by atoms with van der Waals surface area (Å²) in [5, 5.41) is 0. The lowest BCUT2D eigenvalue weighted by atomic mass is 10.2. The van der Waals surface area contributed by atoms with Crippen LogP contribution in [0, 0.1) is 17.8 Å². The first-order valence-electron chi connectivity index (χ1n) is 6.72. The third-order valence-electron chi connectivity index (χ3n) is 4.08. The van der Waals surface area contributed by atoms with Crippen molar-refractivity contribution < 1.29 is 9.53 Å². The largest absolute Gasteiger partial charge is 0.466 e. The number of fused-ring (bicyclic) bond motifs is 1. The predicted molar refractivity (Wildman–Crippen MR) is 68.8 cm³/mol. The topological polar surface area (TPSA) is 29.5 Å². The fourth-order valence-corrected chi connectivity index (χ4v) is 3.17. The smallest absolute Gasteiger partial charge is 0.309 e. The van der Waals surface area contributed by atoms with Crippen LogP contribution in [-0.4, -0.2) is 30.6 Å². The Kier molecular flexibility index (Phi) is 3.08. The molecule has 1 saturated carbocycles. The van der Waals surface area contributed by atoms with Crippen LogP contribution in [-0.2, 0) is 16.1 Å². The molecule has 0 amide bonds. The van der Waals surface area contributed by atoms with Gasteiger partial charge < -0.3 is 4.74 Å². The van der Waals surface area contributed by atoms with Crippen LogP contribution < -0.4 is 0 Å². The Morgan fingerprint density at radius 3 is 2.56 bits per heavy atom. The maximum absolute atomic E-state index is 11.6. The molecule has 1 aliphatic carbocycles. The van der Waals surface area contributed by atoms with Crippen LogP contribution in [0.1, 0.15) is 12.5 Å². The number of hydrogen-bond acceptors (Lipinski definition) is 3. The van der Waals surface area contributed by atoms with Gasteiger partial charge in [0, 0.05) is 19.6 Å². The van der Waals surface area contributed by atoms with E-state index in [-0.39, 0.29) is 11.9 Å². The van der Waals surface area contributed by atoms with Gasteiger partial charge >= 0.3 is 5.97 Å². The molecule has 3 heteroatoms. The molecule has 0 aromatic heterocycles. The van der Waals surface area contributed by atoms with Gasteiger partial charge in [0.1, 0.15) is 0 Å². The van der Waals surface area contributed by atoms with Crippen LogP contribution in [0.3, 0.4) is 0 Å². The highest BCUT2D eigenvalue weighted by Gasteiger charge is 2.59. The van der Waals surface area contributed by atoms with E-state index in [0.717, 1.165) is 19.6 Å². The summed E-state index contributed by atoms with van der Waals surface area (Å²) >= 11 is 0. The van der Waals surface area contributed by atoms with Gasteiger partial charge in [0.2, 0.25) is 0 Å². The van der Waals surface area contributed by atoms with Crippen molar-refractivity contribution in [2.75, 3.05) is 19.7 Å². The average Bonchev–Trinajstić information content (AvgIpc) is 2.88. The molecule has 0 unspecified atom stereocenters. The summed E-state index contributed by atoms with van der Waals surface area (Å²) in [4.78, 5) is 14.1. The Balaban J connectivity index is 1.51. The highest BCUT2D eigenvalue weighted by Crippen LogP contribution is 2.52. The van der Waals surface area contributed by atoms with Crippen LogP contribution in [0.5, 0.6) is 0 Å². The molecule has 3 rings (SSSR count). The minimum atomic E-state index is 0.0202. The molecule has 1 aliphatic heterocycles. The molecule has 0 radical (unpaired) electrons. The van der Waals surface area contributed by atoms with Gasteiger partial charge in [-0.1, -0.05) is 30.3 Å². The van der Waals surface area contributed by atoms with Crippen molar-refractivity contribution in [1.29, 1.82) is 0 Å². The maximum atomic E-state index is 11.6. The first-order chi connectivity index (χ1) is 8.79. The lowest BCUT2D eigenvalue weighted by molar-refractivity contribution is -0.145. The van der Waals surface area contributed by atoms with Gasteiger partial charge in [-0.2, -0.15) is 0 Å². The fraction of sp³-hybridized carbons (Fsp3) is 0.533. The normalized spacial score (nSPS) is 29.9. The number of carbonyl (C=O) groups is 1. The minimum absolute atomic E-state index is 0.0202. The molecule has 96 valence electrons. The zero-order chi connectivity index (χ0) is 12.5. The summed E-state index contributed by atoms with van der Waals surface area (Å²) in [7, 11) is 0. The molecule has 3 nitrogen and oxygen atoms in total. The first-order valence-corrected chi connectivity index (χ1v) is 6.72. The minimum Gasteiger partial charge on any atom is -0.466 e. The van der Waals surface area contributed by atoms with E-state index in [1.807, 2.05) is 13.0 Å². The number of ether oxygens (including phenoxy) is 1. The van der Waals surface area contributed by atoms with E-state index in [1.165, 1.54) is 5.56 Å². The van der Waals surface area contributed by atoms with Crippen molar-refractivity contribution in [3.8, 4) is 0 Å². The van der Waals surface area contributed by atoms with E-state index in [4.69, 9.17) is 4.74 Å². The number of nitrogens with zero attached hydrogens (tertiary/aromatic N) is 1. The summed E-state index contributed by atoms with van der Waals surface area (Å²) in [5.74, 6) is 1.31. The molecule has 18 heavy (non-hydrogen) atoms. The van der Waals surface area contributed by atoms with Crippen LogP contribution >= 0.6 is 0 Å². The maximum Gasteiger partial charge on any atom is 0.309 e. The molecule has 2 aliphatic rings. The Morgan fingerprint density at radius 2 is 1.94 bits per heavy atom. The Labute approximate surface area is 108 Å². The van der Waals surface area contributed by atoms with Gasteiger partial charge in [0.05, 0.1) is 12.5 Å². The zero-order valence-corrected chi connectivity index (χ0v) is 10.7. The molecule has 0 N–H and O–H groups in total. The number of carbonyl (C=O) groups excluding carboxylic acids is 1. The molecule has 1 aromatic carbocycles. The number of esters is 1. The summed E-state index contributed by atoms with van der Waals surface area (Å²) in [6.07, 6.45) is 0. The molecule has 1 saturated heterocycles. The van der Waals surface area contributed by atoms with Crippen molar-refractivity contribution in [3.63, 3.8) is 0 Å². The van der Waals surface area contributed by atoms with E-state index in [0.29, 0.717) is 18.4 Å². The van der Waals surface area contributed by atoms with E-state index in [2.05, 4.69) is 29.2 Å². The van der Waals surface area contributed by atoms with Gasteiger partial charge in [0.15, 0.2) is 0 Å². The van der Waals surface area contributed by atoms with Crippen molar-refractivity contribution in [1.82, 2.24) is 4.90 Å². The van der Waals surface area contributed by atoms with Crippen LogP contribution in [0.25, 0.3) is 0 Å². The third-order valence-corrected chi connectivity index (χ3v) is 4.08. The van der Waals surface area contributed by atoms with Crippen LogP contribution in [0.4, 0.5) is 0 Å². The molecule has 2 atom stereocenters. The number of benzene rings is 1. The second-order valence-corrected chi connectivity index (χ2v) is 5.29. The first kappa shape index (κ1) is 11.7. The van der Waals surface area contributed by atoms with Crippen molar-refractivity contribution >= 4 is 5.97 Å². The van der Waals surface area contributed by atoms with Crippen LogP contribution in [0.15, 0.2) is 30.3 Å². The molecular formula is C15H19NO2. The number of piperidine rings is 1. The second kappa shape index (κ2) is 4.73. The molecular weight excluding hydrogens is 226 g/mol. The summed E-state index contributed by atoms with van der Waals surface area (Å²) < 4.78 is 5.10. The monoisotopic (exact) mass is 245 g/mol. The Hall–Kier alpha value is -1.35. The fourth-order valence-electron chi connectivity index (χ4n) is 3.17. The Bertz CT molecular complexity index is 419. The van der Waals surface area contributed by atoms with E-state index in [1.54, 1.807) is 0 Å². The van der Waals surface area contributed by atoms with Crippen molar-refractivity contribution in [3.05, 3.63) is 35.9 Å². The Morgan fingerprint density at radius 1 is 1.28 bits per heavy atom. The summed E-state index contributed by atoms with van der Waals surface area (Å²) in [6.45, 7) is 5.47. The lowest BCUT2D eigenvalue weighted by Gasteiger charge is -2.19. The standard InChI is InChI=1S/C15H19NO2/c1-2-18-15(17)14-12-9-16(10-13(12)14)8-11-6-4-3-5-7-11/h3-7,12-14H,2,8-10H2,1H3/t12-,13-/m1/s1. The van der Waals surface area contributed by atoms with Gasteiger partial charge in [0.25, 0.3) is 0 Å². The number of hydrogen-bond donors (Lipinski definition) is 0. The number of likely N-dealkylation sites (tertiary alicyclic amines) is 1. The predicted octanol–water partition coefficient (Wildman–Crippen LogP) is 1.93. The molecule has 1 aromatic rings. The molecule has 0 bridgehead atoms. The average molecular weight is 245 g/mol. The molecule has 1 heterocycles. The number of rotatable bonds is 4. The quantitative estimate of drug-likeness (QED) is 0.759. The van der Waals surface area contributed by atoms with E-state index >= 15 is 0 Å². The zero-order valence-electron chi connectivity index (χ0n) is 10.7. The van der Waals surface area contributed by atoms with Crippen molar-refractivity contribution in [2.24, 2.45) is 17.8 Å². The molecule has 2 fully saturated rings. The van der Waals surface area contributed by atoms with E-state index < -0.39 is 0 Å². The molecule has 0 spiro atoms. The lowest BCUT2D eigenvalue weighted by Crippen LogP contribution is -2.26. The summed E-state index contributed by atoms with van der Waals surface area (Å²) in [6, 6.07) is 10.5. The third kappa shape index (κ3) is 2.15. The SMILES string of the molecule is CCOC(=O)C1[C@@H]2CN(Cc3ccccc3)C[C@@H]12. The van der Waals surface area contributed by atoms with Gasteiger partial charge in [-0.25, -0.2) is 0 Å². The van der Waals surface area contributed by atoms with E-state index in [9.17, 15) is 4.79 Å². The summed E-state index contributed by atoms with van der Waals surface area (Å²) in [5.41, 5.74) is 1.35. The van der Waals surface area contributed by atoms with Crippen LogP contribution in [0.2, 0.25) is 0 Å².